The topological polar surface area (TPSA) is 26.0 Å². The molecule has 0 heterocycles. The molecule has 0 bridgehead atoms. The van der Waals surface area contributed by atoms with Gasteiger partial charge >= 0.3 is 0 Å². The van der Waals surface area contributed by atoms with Crippen LogP contribution in [-0.4, -0.2) is 12.2 Å². The highest BCUT2D eigenvalue weighted by Crippen LogP contribution is 2.25. The Morgan fingerprint density at radius 3 is 2.20 bits per heavy atom. The maximum absolute atomic E-state index is 14.3. The lowest BCUT2D eigenvalue weighted by Gasteiger charge is -2.28. The van der Waals surface area contributed by atoms with Crippen LogP contribution in [0, 0.1) is 12.8 Å². The van der Waals surface area contributed by atoms with Crippen LogP contribution in [0.4, 0.5) is 4.39 Å². The number of alkyl halides is 1. The summed E-state index contributed by atoms with van der Waals surface area (Å²) in [6.07, 6.45) is 0.404. The number of hydrogen-bond donors (Lipinski definition) is 1. The number of benzene rings is 1. The van der Waals surface area contributed by atoms with E-state index in [-0.39, 0.29) is 12.5 Å². The Morgan fingerprint density at radius 2 is 1.80 bits per heavy atom. The lowest BCUT2D eigenvalue weighted by Crippen LogP contribution is -2.40. The smallest absolute Gasteiger partial charge is 0.129 e. The summed E-state index contributed by atoms with van der Waals surface area (Å²) < 4.78 is 14.3. The summed E-state index contributed by atoms with van der Waals surface area (Å²) in [5.74, 6) is -0.0520. The molecule has 0 saturated heterocycles. The van der Waals surface area contributed by atoms with Gasteiger partial charge in [0.05, 0.1) is 0 Å². The van der Waals surface area contributed by atoms with Gasteiger partial charge in [0.1, 0.15) is 5.67 Å². The van der Waals surface area contributed by atoms with Crippen molar-refractivity contribution in [2.45, 2.75) is 32.9 Å². The van der Waals surface area contributed by atoms with Crippen LogP contribution in [0.15, 0.2) is 24.3 Å². The van der Waals surface area contributed by atoms with Crippen molar-refractivity contribution in [2.24, 2.45) is 11.7 Å². The van der Waals surface area contributed by atoms with Gasteiger partial charge in [0.25, 0.3) is 0 Å². The molecule has 2 heteroatoms. The molecule has 1 nitrogen and oxygen atoms in total. The van der Waals surface area contributed by atoms with Gasteiger partial charge < -0.3 is 5.73 Å². The quantitative estimate of drug-likeness (QED) is 0.810. The third-order valence-electron chi connectivity index (χ3n) is 2.99. The van der Waals surface area contributed by atoms with Gasteiger partial charge in [-0.15, -0.1) is 0 Å². The van der Waals surface area contributed by atoms with Crippen LogP contribution >= 0.6 is 0 Å². The SMILES string of the molecule is Cc1ccc(CC(F)(CN)C(C)C)cc1. The molecule has 0 spiro atoms. The van der Waals surface area contributed by atoms with Crippen LogP contribution in [0.25, 0.3) is 0 Å². The summed E-state index contributed by atoms with van der Waals surface area (Å²) in [6, 6.07) is 7.96. The highest BCUT2D eigenvalue weighted by molar-refractivity contribution is 5.23. The molecule has 1 aromatic rings. The fraction of sp³-hybridized carbons (Fsp3) is 0.538. The Hall–Kier alpha value is -0.890. The van der Waals surface area contributed by atoms with Gasteiger partial charge in [-0.3, -0.25) is 0 Å². The minimum Gasteiger partial charge on any atom is -0.328 e. The molecule has 0 fully saturated rings. The standard InChI is InChI=1S/C13H20FN/c1-10(2)13(14,9-15)8-12-6-4-11(3)5-7-12/h4-7,10H,8-9,15H2,1-3H3. The number of halogens is 1. The van der Waals surface area contributed by atoms with E-state index >= 15 is 0 Å². The van der Waals surface area contributed by atoms with E-state index < -0.39 is 5.67 Å². The average molecular weight is 209 g/mol. The zero-order valence-electron chi connectivity index (χ0n) is 9.76. The molecular formula is C13H20FN. The highest BCUT2D eigenvalue weighted by Gasteiger charge is 2.32. The monoisotopic (exact) mass is 209 g/mol. The second-order valence-electron chi connectivity index (χ2n) is 4.56. The van der Waals surface area contributed by atoms with Crippen LogP contribution in [0.1, 0.15) is 25.0 Å². The van der Waals surface area contributed by atoms with Crippen molar-refractivity contribution in [3.63, 3.8) is 0 Å². The van der Waals surface area contributed by atoms with Crippen LogP contribution < -0.4 is 5.73 Å². The number of hydrogen-bond acceptors (Lipinski definition) is 1. The molecule has 84 valence electrons. The predicted octanol–water partition coefficient (Wildman–Crippen LogP) is 2.86. The Labute approximate surface area is 91.5 Å². The largest absolute Gasteiger partial charge is 0.328 e. The molecule has 0 aliphatic carbocycles. The van der Waals surface area contributed by atoms with E-state index in [9.17, 15) is 4.39 Å². The fourth-order valence-electron chi connectivity index (χ4n) is 1.56. The average Bonchev–Trinajstić information content (AvgIpc) is 2.21. The summed E-state index contributed by atoms with van der Waals surface area (Å²) in [6.45, 7) is 5.86. The van der Waals surface area contributed by atoms with E-state index in [4.69, 9.17) is 5.73 Å². The number of rotatable bonds is 4. The summed E-state index contributed by atoms with van der Waals surface area (Å²) in [4.78, 5) is 0. The molecule has 1 unspecified atom stereocenters. The van der Waals surface area contributed by atoms with Crippen molar-refractivity contribution in [1.82, 2.24) is 0 Å². The molecule has 1 atom stereocenters. The van der Waals surface area contributed by atoms with E-state index in [1.54, 1.807) is 0 Å². The third kappa shape index (κ3) is 3.03. The zero-order chi connectivity index (χ0) is 11.5. The van der Waals surface area contributed by atoms with E-state index in [0.717, 1.165) is 5.56 Å². The summed E-state index contributed by atoms with van der Waals surface area (Å²) in [5, 5.41) is 0. The Kier molecular flexibility index (Phi) is 3.86. The molecule has 0 aliphatic heterocycles. The molecule has 0 radical (unpaired) electrons. The Balaban J connectivity index is 2.79. The maximum atomic E-state index is 14.3. The van der Waals surface area contributed by atoms with E-state index in [2.05, 4.69) is 0 Å². The Bertz CT molecular complexity index is 305. The molecule has 0 amide bonds. The molecule has 1 rings (SSSR count). The molecule has 0 aromatic heterocycles. The lowest BCUT2D eigenvalue weighted by molar-refractivity contribution is 0.110. The molecule has 1 aromatic carbocycles. The molecular weight excluding hydrogens is 189 g/mol. The van der Waals surface area contributed by atoms with Crippen molar-refractivity contribution in [2.75, 3.05) is 6.54 Å². The molecule has 0 aliphatic rings. The van der Waals surface area contributed by atoms with E-state index in [1.165, 1.54) is 5.56 Å². The highest BCUT2D eigenvalue weighted by atomic mass is 19.1. The van der Waals surface area contributed by atoms with Gasteiger partial charge in [0, 0.05) is 13.0 Å². The normalized spacial score (nSPS) is 15.3. The van der Waals surface area contributed by atoms with E-state index in [1.807, 2.05) is 45.0 Å². The van der Waals surface area contributed by atoms with E-state index in [0.29, 0.717) is 6.42 Å². The van der Waals surface area contributed by atoms with Crippen LogP contribution in [0.3, 0.4) is 0 Å². The van der Waals surface area contributed by atoms with Crippen molar-refractivity contribution in [3.8, 4) is 0 Å². The number of aryl methyl sites for hydroxylation is 1. The van der Waals surface area contributed by atoms with Gasteiger partial charge in [0.2, 0.25) is 0 Å². The van der Waals surface area contributed by atoms with Gasteiger partial charge in [-0.2, -0.15) is 0 Å². The first-order chi connectivity index (χ1) is 6.98. The first-order valence-electron chi connectivity index (χ1n) is 5.42. The minimum atomic E-state index is -1.28. The van der Waals surface area contributed by atoms with Gasteiger partial charge in [-0.25, -0.2) is 4.39 Å². The predicted molar refractivity (Wildman–Crippen MR) is 62.6 cm³/mol. The Morgan fingerprint density at radius 1 is 1.27 bits per heavy atom. The first-order valence-corrected chi connectivity index (χ1v) is 5.42. The maximum Gasteiger partial charge on any atom is 0.129 e. The summed E-state index contributed by atoms with van der Waals surface area (Å²) >= 11 is 0. The van der Waals surface area contributed by atoms with Crippen molar-refractivity contribution < 1.29 is 4.39 Å². The minimum absolute atomic E-state index is 0.0520. The van der Waals surface area contributed by atoms with Gasteiger partial charge in [-0.05, 0) is 18.4 Å². The summed E-state index contributed by atoms with van der Waals surface area (Å²) in [5.41, 5.74) is 6.44. The summed E-state index contributed by atoms with van der Waals surface area (Å²) in [7, 11) is 0. The molecule has 15 heavy (non-hydrogen) atoms. The third-order valence-corrected chi connectivity index (χ3v) is 2.99. The van der Waals surface area contributed by atoms with Crippen LogP contribution in [0.5, 0.6) is 0 Å². The molecule has 0 saturated carbocycles. The van der Waals surface area contributed by atoms with Gasteiger partial charge in [0.15, 0.2) is 0 Å². The van der Waals surface area contributed by atoms with Crippen LogP contribution in [-0.2, 0) is 6.42 Å². The fourth-order valence-corrected chi connectivity index (χ4v) is 1.56. The van der Waals surface area contributed by atoms with Crippen LogP contribution in [0.2, 0.25) is 0 Å². The lowest BCUT2D eigenvalue weighted by atomic mass is 9.86. The van der Waals surface area contributed by atoms with Crippen molar-refractivity contribution in [3.05, 3.63) is 35.4 Å². The molecule has 2 N–H and O–H groups in total. The second kappa shape index (κ2) is 4.75. The second-order valence-corrected chi connectivity index (χ2v) is 4.56. The first kappa shape index (κ1) is 12.2. The van der Waals surface area contributed by atoms with Crippen molar-refractivity contribution in [1.29, 1.82) is 0 Å². The number of nitrogens with two attached hydrogens (primary N) is 1. The van der Waals surface area contributed by atoms with Crippen molar-refractivity contribution >= 4 is 0 Å². The zero-order valence-corrected chi connectivity index (χ0v) is 9.76. The van der Waals surface area contributed by atoms with Gasteiger partial charge in [-0.1, -0.05) is 43.7 Å².